The van der Waals surface area contributed by atoms with Crippen LogP contribution >= 0.6 is 50.7 Å². The molecule has 0 spiro atoms. The van der Waals surface area contributed by atoms with Crippen LogP contribution in [0.4, 0.5) is 13.2 Å². The first-order valence-electron chi connectivity index (χ1n) is 7.46. The van der Waals surface area contributed by atoms with Crippen LogP contribution in [-0.4, -0.2) is 6.18 Å². The summed E-state index contributed by atoms with van der Waals surface area (Å²) in [6.07, 6.45) is -3.86. The lowest BCUT2D eigenvalue weighted by molar-refractivity contribution is -0.269. The zero-order chi connectivity index (χ0) is 20.0. The van der Waals surface area contributed by atoms with Gasteiger partial charge in [-0.15, -0.1) is 0 Å². The Morgan fingerprint density at radius 2 is 1.74 bits per heavy atom. The largest absolute Gasteiger partial charge is 0.428 e. The number of nitrogens with one attached hydrogen (secondary N) is 1. The monoisotopic (exact) mass is 500 g/mol. The molecule has 1 atom stereocenters. The highest BCUT2D eigenvalue weighted by molar-refractivity contribution is 9.10. The van der Waals surface area contributed by atoms with Gasteiger partial charge in [0.25, 0.3) is 0 Å². The Kier molecular flexibility index (Phi) is 5.74. The van der Waals surface area contributed by atoms with Crippen LogP contribution in [0.15, 0.2) is 40.9 Å². The topological polar surface area (TPSA) is 47.3 Å². The molecule has 3 N–H and O–H groups in total. The highest BCUT2D eigenvalue weighted by atomic mass is 79.9. The zero-order valence-electron chi connectivity index (χ0n) is 13.3. The Labute approximate surface area is 176 Å². The quantitative estimate of drug-likeness (QED) is 0.492. The van der Waals surface area contributed by atoms with Gasteiger partial charge < -0.3 is 5.73 Å². The number of hydrogen-bond donors (Lipinski definition) is 2. The Morgan fingerprint density at radius 1 is 1.11 bits per heavy atom. The lowest BCUT2D eigenvalue weighted by atomic mass is 9.91. The fraction of sp³-hybridized carbons (Fsp3) is 0.176. The van der Waals surface area contributed by atoms with Gasteiger partial charge in [0.05, 0.1) is 20.8 Å². The van der Waals surface area contributed by atoms with E-state index in [4.69, 9.17) is 45.4 Å². The molecular weight excluding hydrogens is 491 g/mol. The van der Waals surface area contributed by atoms with E-state index in [1.165, 1.54) is 0 Å². The number of hydroxylamine groups is 1. The van der Waals surface area contributed by atoms with Crippen molar-refractivity contribution in [1.82, 2.24) is 5.48 Å². The third-order valence-corrected chi connectivity index (χ3v) is 6.05. The standard InChI is InChI=1S/C17H11BrCl3F3N2O/c18-11-2-1-8(3-9(11)7-25)14-6-16(27-26-14,17(22,23)24)10-4-12(19)15(21)13(20)5-10/h1-6,26H,7,25H2. The van der Waals surface area contributed by atoms with Crippen molar-refractivity contribution in [3.63, 3.8) is 0 Å². The predicted octanol–water partition coefficient (Wildman–Crippen LogP) is 6.20. The molecule has 0 amide bonds. The second-order valence-corrected chi connectivity index (χ2v) is 7.81. The number of alkyl halides is 3. The van der Waals surface area contributed by atoms with Gasteiger partial charge >= 0.3 is 6.18 Å². The van der Waals surface area contributed by atoms with E-state index >= 15 is 0 Å². The van der Waals surface area contributed by atoms with E-state index in [-0.39, 0.29) is 32.9 Å². The van der Waals surface area contributed by atoms with Crippen molar-refractivity contribution in [2.24, 2.45) is 5.73 Å². The van der Waals surface area contributed by atoms with Crippen molar-refractivity contribution in [3.05, 3.63) is 72.6 Å². The van der Waals surface area contributed by atoms with Crippen molar-refractivity contribution in [2.75, 3.05) is 0 Å². The summed E-state index contributed by atoms with van der Waals surface area (Å²) in [5.74, 6) is 0. The molecule has 0 radical (unpaired) electrons. The third kappa shape index (κ3) is 3.69. The summed E-state index contributed by atoms with van der Waals surface area (Å²) < 4.78 is 42.8. The number of rotatable bonds is 3. The smallest absolute Gasteiger partial charge is 0.326 e. The maximum Gasteiger partial charge on any atom is 0.428 e. The van der Waals surface area contributed by atoms with Crippen LogP contribution in [0, 0.1) is 0 Å². The molecular formula is C17H11BrCl3F3N2O. The molecule has 2 aromatic rings. The van der Waals surface area contributed by atoms with E-state index < -0.39 is 11.8 Å². The predicted molar refractivity (Wildman–Crippen MR) is 103 cm³/mol. The minimum Gasteiger partial charge on any atom is -0.326 e. The van der Waals surface area contributed by atoms with Gasteiger partial charge in [-0.05, 0) is 35.9 Å². The van der Waals surface area contributed by atoms with Gasteiger partial charge in [-0.1, -0.05) is 56.8 Å². The molecule has 10 heteroatoms. The van der Waals surface area contributed by atoms with Gasteiger partial charge in [-0.25, -0.2) is 0 Å². The molecule has 3 nitrogen and oxygen atoms in total. The van der Waals surface area contributed by atoms with Crippen LogP contribution in [0.2, 0.25) is 15.1 Å². The summed E-state index contributed by atoms with van der Waals surface area (Å²) in [4.78, 5) is 5.04. The lowest BCUT2D eigenvalue weighted by Crippen LogP contribution is -2.42. The van der Waals surface area contributed by atoms with Gasteiger partial charge in [0.15, 0.2) is 0 Å². The van der Waals surface area contributed by atoms with E-state index in [0.717, 1.165) is 28.2 Å². The fourth-order valence-electron chi connectivity index (χ4n) is 2.65. The average Bonchev–Trinajstić information content (AvgIpc) is 3.06. The molecule has 0 saturated carbocycles. The van der Waals surface area contributed by atoms with Crippen LogP contribution in [0.3, 0.4) is 0 Å². The molecule has 0 saturated heterocycles. The van der Waals surface area contributed by atoms with E-state index in [0.29, 0.717) is 5.56 Å². The van der Waals surface area contributed by atoms with Crippen molar-refractivity contribution >= 4 is 56.4 Å². The number of halogens is 7. The SMILES string of the molecule is NCc1cc(C2=CC(c3cc(Cl)c(Cl)c(Cl)c3)(C(F)(F)F)ON2)ccc1Br. The first-order chi connectivity index (χ1) is 12.6. The van der Waals surface area contributed by atoms with Crippen LogP contribution in [-0.2, 0) is 17.0 Å². The first kappa shape index (κ1) is 20.8. The normalized spacial score (nSPS) is 19.8. The molecule has 27 heavy (non-hydrogen) atoms. The Bertz CT molecular complexity index is 913. The van der Waals surface area contributed by atoms with Gasteiger partial charge in [-0.2, -0.15) is 13.2 Å². The van der Waals surface area contributed by atoms with Crippen LogP contribution in [0.5, 0.6) is 0 Å². The molecule has 2 aromatic carbocycles. The maximum atomic E-state index is 14.0. The van der Waals surface area contributed by atoms with Crippen molar-refractivity contribution in [3.8, 4) is 0 Å². The van der Waals surface area contributed by atoms with Crippen LogP contribution in [0.1, 0.15) is 16.7 Å². The maximum absolute atomic E-state index is 14.0. The summed E-state index contributed by atoms with van der Waals surface area (Å²) >= 11 is 21.0. The summed E-state index contributed by atoms with van der Waals surface area (Å²) in [6, 6.07) is 7.17. The second-order valence-electron chi connectivity index (χ2n) is 5.76. The van der Waals surface area contributed by atoms with Gasteiger partial charge in [-0.3, -0.25) is 10.3 Å². The molecule has 1 unspecified atom stereocenters. The summed E-state index contributed by atoms with van der Waals surface area (Å²) in [6.45, 7) is 0.218. The van der Waals surface area contributed by atoms with Gasteiger partial charge in [0.1, 0.15) is 0 Å². The van der Waals surface area contributed by atoms with Gasteiger partial charge in [0.2, 0.25) is 5.60 Å². The Balaban J connectivity index is 2.16. The summed E-state index contributed by atoms with van der Waals surface area (Å²) in [7, 11) is 0. The summed E-state index contributed by atoms with van der Waals surface area (Å²) in [5.41, 5.74) is 6.29. The average molecular weight is 503 g/mol. The lowest BCUT2D eigenvalue weighted by Gasteiger charge is -2.29. The highest BCUT2D eigenvalue weighted by Gasteiger charge is 2.59. The minimum absolute atomic E-state index is 0.0323. The molecule has 1 aliphatic heterocycles. The van der Waals surface area contributed by atoms with E-state index in [2.05, 4.69) is 21.4 Å². The fourth-order valence-corrected chi connectivity index (χ4v) is 3.66. The molecule has 144 valence electrons. The molecule has 0 aromatic heterocycles. The Morgan fingerprint density at radius 3 is 2.30 bits per heavy atom. The molecule has 1 aliphatic rings. The second kappa shape index (κ2) is 7.46. The van der Waals surface area contributed by atoms with Gasteiger partial charge in [0, 0.05) is 22.1 Å². The van der Waals surface area contributed by atoms with E-state index in [1.54, 1.807) is 18.2 Å². The molecule has 0 bridgehead atoms. The van der Waals surface area contributed by atoms with Crippen molar-refractivity contribution in [1.29, 1.82) is 0 Å². The number of hydrogen-bond acceptors (Lipinski definition) is 3. The molecule has 0 fully saturated rings. The number of nitrogens with two attached hydrogens (primary N) is 1. The molecule has 1 heterocycles. The number of benzene rings is 2. The van der Waals surface area contributed by atoms with E-state index in [9.17, 15) is 13.2 Å². The summed E-state index contributed by atoms with van der Waals surface area (Å²) in [5, 5.41) is -0.250. The Hall–Kier alpha value is -0.960. The van der Waals surface area contributed by atoms with Crippen molar-refractivity contribution < 1.29 is 18.0 Å². The third-order valence-electron chi connectivity index (χ3n) is 4.08. The molecule has 0 aliphatic carbocycles. The van der Waals surface area contributed by atoms with E-state index in [1.807, 2.05) is 0 Å². The zero-order valence-corrected chi connectivity index (χ0v) is 17.2. The first-order valence-corrected chi connectivity index (χ1v) is 9.39. The van der Waals surface area contributed by atoms with Crippen molar-refractivity contribution in [2.45, 2.75) is 18.3 Å². The highest BCUT2D eigenvalue weighted by Crippen LogP contribution is 2.49. The minimum atomic E-state index is -4.80. The van der Waals surface area contributed by atoms with Crippen LogP contribution in [0.25, 0.3) is 5.70 Å². The molecule has 3 rings (SSSR count). The van der Waals surface area contributed by atoms with Crippen LogP contribution < -0.4 is 11.2 Å².